The number of hydrogen-bond donors (Lipinski definition) is 1. The first-order valence-electron chi connectivity index (χ1n) is 4.53. The van der Waals surface area contributed by atoms with E-state index in [4.69, 9.17) is 5.11 Å². The van der Waals surface area contributed by atoms with Gasteiger partial charge in [0.05, 0.1) is 5.92 Å². The summed E-state index contributed by atoms with van der Waals surface area (Å²) < 4.78 is 0. The van der Waals surface area contributed by atoms with E-state index >= 15 is 0 Å². The van der Waals surface area contributed by atoms with Crippen molar-refractivity contribution < 1.29 is 9.90 Å². The highest BCUT2D eigenvalue weighted by Gasteiger charge is 2.12. The summed E-state index contributed by atoms with van der Waals surface area (Å²) in [6.45, 7) is 5.36. The van der Waals surface area contributed by atoms with Crippen molar-refractivity contribution in [3.8, 4) is 0 Å². The maximum Gasteiger partial charge on any atom is 0.306 e. The highest BCUT2D eigenvalue weighted by atomic mass is 16.4. The molecule has 0 fully saturated rings. The molecule has 1 rings (SSSR count). The van der Waals surface area contributed by atoms with Crippen molar-refractivity contribution in [1.29, 1.82) is 0 Å². The molecule has 0 amide bonds. The summed E-state index contributed by atoms with van der Waals surface area (Å²) in [6.07, 6.45) is 0.458. The van der Waals surface area contributed by atoms with Crippen molar-refractivity contribution in [3.63, 3.8) is 0 Å². The van der Waals surface area contributed by atoms with Gasteiger partial charge in [-0.2, -0.15) is 0 Å². The van der Waals surface area contributed by atoms with E-state index in [1.54, 1.807) is 6.92 Å². The zero-order chi connectivity index (χ0) is 10.7. The van der Waals surface area contributed by atoms with Gasteiger partial charge in [-0.05, 0) is 19.9 Å². The average molecular weight is 194 g/mol. The first-order valence-corrected chi connectivity index (χ1v) is 4.53. The lowest BCUT2D eigenvalue weighted by Gasteiger charge is -2.06. The van der Waals surface area contributed by atoms with Crippen molar-refractivity contribution in [2.45, 2.75) is 27.2 Å². The number of carboxylic acids is 1. The molecule has 4 heteroatoms. The Morgan fingerprint density at radius 1 is 1.50 bits per heavy atom. The second-order valence-electron chi connectivity index (χ2n) is 3.49. The minimum absolute atomic E-state index is 0.399. The maximum absolute atomic E-state index is 10.6. The van der Waals surface area contributed by atoms with Gasteiger partial charge in [0, 0.05) is 17.8 Å². The third-order valence-electron chi connectivity index (χ3n) is 1.96. The van der Waals surface area contributed by atoms with E-state index in [0.717, 1.165) is 11.4 Å². The van der Waals surface area contributed by atoms with Gasteiger partial charge >= 0.3 is 5.97 Å². The van der Waals surface area contributed by atoms with Crippen molar-refractivity contribution in [1.82, 2.24) is 9.97 Å². The molecule has 1 aromatic rings. The van der Waals surface area contributed by atoms with Gasteiger partial charge in [0.25, 0.3) is 0 Å². The standard InChI is InChI=1S/C10H14N2O2/c1-6(10(13)14)4-9-5-7(2)11-8(3)12-9/h5-6H,4H2,1-3H3,(H,13,14). The summed E-state index contributed by atoms with van der Waals surface area (Å²) in [4.78, 5) is 18.9. The largest absolute Gasteiger partial charge is 0.481 e. The Hall–Kier alpha value is -1.45. The first-order chi connectivity index (χ1) is 6.49. The van der Waals surface area contributed by atoms with Crippen molar-refractivity contribution in [3.05, 3.63) is 23.3 Å². The number of rotatable bonds is 3. The van der Waals surface area contributed by atoms with Crippen LogP contribution in [0, 0.1) is 19.8 Å². The van der Waals surface area contributed by atoms with Crippen LogP contribution < -0.4 is 0 Å². The third kappa shape index (κ3) is 2.80. The Balaban J connectivity index is 2.81. The van der Waals surface area contributed by atoms with Gasteiger partial charge in [-0.25, -0.2) is 9.97 Å². The molecular formula is C10H14N2O2. The Morgan fingerprint density at radius 3 is 2.64 bits per heavy atom. The number of nitrogens with zero attached hydrogens (tertiary/aromatic N) is 2. The van der Waals surface area contributed by atoms with Crippen molar-refractivity contribution >= 4 is 5.97 Å². The van der Waals surface area contributed by atoms with Gasteiger partial charge in [0.1, 0.15) is 5.82 Å². The predicted molar refractivity (Wildman–Crippen MR) is 52.0 cm³/mol. The smallest absolute Gasteiger partial charge is 0.306 e. The molecule has 4 nitrogen and oxygen atoms in total. The molecule has 1 aromatic heterocycles. The SMILES string of the molecule is Cc1cc(CC(C)C(=O)O)nc(C)n1. The lowest BCUT2D eigenvalue weighted by atomic mass is 10.1. The Labute approximate surface area is 83.0 Å². The number of aromatic nitrogens is 2. The van der Waals surface area contributed by atoms with Gasteiger partial charge in [0.15, 0.2) is 0 Å². The van der Waals surface area contributed by atoms with E-state index in [9.17, 15) is 4.79 Å². The topological polar surface area (TPSA) is 63.1 Å². The highest BCUT2D eigenvalue weighted by Crippen LogP contribution is 2.07. The lowest BCUT2D eigenvalue weighted by molar-refractivity contribution is -0.141. The number of aryl methyl sites for hydroxylation is 2. The van der Waals surface area contributed by atoms with E-state index < -0.39 is 11.9 Å². The molecule has 0 aliphatic carbocycles. The van der Waals surface area contributed by atoms with Crippen LogP contribution in [0.4, 0.5) is 0 Å². The van der Waals surface area contributed by atoms with Crippen molar-refractivity contribution in [2.75, 3.05) is 0 Å². The van der Waals surface area contributed by atoms with Crippen LogP contribution in [0.1, 0.15) is 24.1 Å². The number of aliphatic carboxylic acids is 1. The minimum Gasteiger partial charge on any atom is -0.481 e. The van der Waals surface area contributed by atoms with Gasteiger partial charge in [-0.15, -0.1) is 0 Å². The summed E-state index contributed by atoms with van der Waals surface area (Å²) in [7, 11) is 0. The zero-order valence-electron chi connectivity index (χ0n) is 8.61. The van der Waals surface area contributed by atoms with E-state index in [2.05, 4.69) is 9.97 Å². The average Bonchev–Trinajstić information content (AvgIpc) is 2.01. The summed E-state index contributed by atoms with van der Waals surface area (Å²) in [5, 5.41) is 8.74. The fourth-order valence-corrected chi connectivity index (χ4v) is 1.30. The number of carbonyl (C=O) groups is 1. The molecule has 1 heterocycles. The molecule has 0 spiro atoms. The quantitative estimate of drug-likeness (QED) is 0.789. The molecular weight excluding hydrogens is 180 g/mol. The molecule has 0 saturated heterocycles. The summed E-state index contributed by atoms with van der Waals surface area (Å²) in [6, 6.07) is 1.83. The van der Waals surface area contributed by atoms with Gasteiger partial charge in [0.2, 0.25) is 0 Å². The molecule has 1 N–H and O–H groups in total. The van der Waals surface area contributed by atoms with E-state index in [1.165, 1.54) is 0 Å². The molecule has 1 atom stereocenters. The number of carboxylic acid groups (broad SMARTS) is 1. The minimum atomic E-state index is -0.793. The molecule has 76 valence electrons. The van der Waals surface area contributed by atoms with Crippen molar-refractivity contribution in [2.24, 2.45) is 5.92 Å². The van der Waals surface area contributed by atoms with Crippen LogP contribution in [-0.2, 0) is 11.2 Å². The molecule has 1 unspecified atom stereocenters. The van der Waals surface area contributed by atoms with Crippen LogP contribution >= 0.6 is 0 Å². The predicted octanol–water partition coefficient (Wildman–Crippen LogP) is 1.36. The maximum atomic E-state index is 10.6. The van der Waals surface area contributed by atoms with Crippen LogP contribution in [0.25, 0.3) is 0 Å². The van der Waals surface area contributed by atoms with Crippen LogP contribution in [-0.4, -0.2) is 21.0 Å². The van der Waals surface area contributed by atoms with E-state index in [1.807, 2.05) is 19.9 Å². The molecule has 14 heavy (non-hydrogen) atoms. The van der Waals surface area contributed by atoms with Gasteiger partial charge in [-0.3, -0.25) is 4.79 Å². The lowest BCUT2D eigenvalue weighted by Crippen LogP contribution is -2.13. The van der Waals surface area contributed by atoms with E-state index in [-0.39, 0.29) is 0 Å². The molecule has 0 radical (unpaired) electrons. The molecule has 0 aliphatic heterocycles. The van der Waals surface area contributed by atoms with E-state index in [0.29, 0.717) is 12.2 Å². The van der Waals surface area contributed by atoms with Gasteiger partial charge in [-0.1, -0.05) is 6.92 Å². The molecule has 0 saturated carbocycles. The Bertz CT molecular complexity index is 330. The first kappa shape index (κ1) is 10.6. The van der Waals surface area contributed by atoms with Crippen LogP contribution in [0.15, 0.2) is 6.07 Å². The van der Waals surface area contributed by atoms with Gasteiger partial charge < -0.3 is 5.11 Å². The zero-order valence-corrected chi connectivity index (χ0v) is 8.61. The Kier molecular flexibility index (Phi) is 3.17. The van der Waals surface area contributed by atoms with Crippen LogP contribution in [0.2, 0.25) is 0 Å². The fourth-order valence-electron chi connectivity index (χ4n) is 1.30. The molecule has 0 bridgehead atoms. The van der Waals surface area contributed by atoms with Crippen LogP contribution in [0.3, 0.4) is 0 Å². The third-order valence-corrected chi connectivity index (χ3v) is 1.96. The molecule has 0 aromatic carbocycles. The highest BCUT2D eigenvalue weighted by molar-refractivity contribution is 5.69. The Morgan fingerprint density at radius 2 is 2.14 bits per heavy atom. The second-order valence-corrected chi connectivity index (χ2v) is 3.49. The van der Waals surface area contributed by atoms with Crippen LogP contribution in [0.5, 0.6) is 0 Å². The summed E-state index contributed by atoms with van der Waals surface area (Å²) in [5.41, 5.74) is 1.68. The normalized spacial score (nSPS) is 12.5. The summed E-state index contributed by atoms with van der Waals surface area (Å²) >= 11 is 0. The monoisotopic (exact) mass is 194 g/mol. The number of hydrogen-bond acceptors (Lipinski definition) is 3. The summed E-state index contributed by atoms with van der Waals surface area (Å²) in [5.74, 6) is -0.500. The molecule has 0 aliphatic rings. The second kappa shape index (κ2) is 4.17. The fraction of sp³-hybridized carbons (Fsp3) is 0.500.